The van der Waals surface area contributed by atoms with Gasteiger partial charge in [0.25, 0.3) is 0 Å². The highest BCUT2D eigenvalue weighted by atomic mass is 35.5. The number of carbonyl (C=O) groups is 1. The van der Waals surface area contributed by atoms with Gasteiger partial charge >= 0.3 is 0 Å². The first-order valence-corrected chi connectivity index (χ1v) is 7.81. The Morgan fingerprint density at radius 3 is 2.86 bits per heavy atom. The molecule has 0 spiro atoms. The van der Waals surface area contributed by atoms with Gasteiger partial charge in [-0.25, -0.2) is 0 Å². The van der Waals surface area contributed by atoms with Gasteiger partial charge in [0.05, 0.1) is 0 Å². The van der Waals surface area contributed by atoms with Crippen molar-refractivity contribution in [3.63, 3.8) is 0 Å². The molecule has 0 bridgehead atoms. The number of thiophene rings is 1. The first kappa shape index (κ1) is 15.7. The summed E-state index contributed by atoms with van der Waals surface area (Å²) in [7, 11) is 0. The average Bonchev–Trinajstić information content (AvgIpc) is 2.94. The van der Waals surface area contributed by atoms with Crippen LogP contribution in [0.2, 0.25) is 5.02 Å². The zero-order valence-corrected chi connectivity index (χ0v) is 13.6. The van der Waals surface area contributed by atoms with Crippen LogP contribution in [-0.2, 0) is 4.79 Å². The van der Waals surface area contributed by atoms with E-state index in [1.54, 1.807) is 23.5 Å². The van der Waals surface area contributed by atoms with Crippen LogP contribution >= 0.6 is 35.2 Å². The van der Waals surface area contributed by atoms with E-state index in [1.807, 2.05) is 36.6 Å². The lowest BCUT2D eigenvalue weighted by Crippen LogP contribution is -2.32. The van der Waals surface area contributed by atoms with Crippen LogP contribution in [0.15, 0.2) is 41.8 Å². The van der Waals surface area contributed by atoms with Crippen molar-refractivity contribution >= 4 is 57.9 Å². The van der Waals surface area contributed by atoms with E-state index in [0.717, 1.165) is 16.1 Å². The van der Waals surface area contributed by atoms with Crippen molar-refractivity contribution in [1.82, 2.24) is 5.32 Å². The maximum atomic E-state index is 11.7. The second-order valence-electron chi connectivity index (χ2n) is 4.26. The van der Waals surface area contributed by atoms with E-state index in [2.05, 4.69) is 10.6 Å². The number of amides is 1. The Bertz CT molecular complexity index is 681. The Morgan fingerprint density at radius 1 is 1.38 bits per heavy atom. The van der Waals surface area contributed by atoms with E-state index in [0.29, 0.717) is 5.02 Å². The van der Waals surface area contributed by atoms with Crippen molar-refractivity contribution in [2.24, 2.45) is 0 Å². The Hall–Kier alpha value is -1.69. The predicted octanol–water partition coefficient (Wildman–Crippen LogP) is 4.24. The SMILES string of the molecule is Cc1ccc(NC(=S)NC(=O)C=Cc2cccs2)cc1Cl. The molecule has 1 heterocycles. The van der Waals surface area contributed by atoms with Gasteiger partial charge in [-0.1, -0.05) is 23.7 Å². The van der Waals surface area contributed by atoms with Crippen LogP contribution in [0.3, 0.4) is 0 Å². The number of anilines is 1. The van der Waals surface area contributed by atoms with Gasteiger partial charge in [0.1, 0.15) is 0 Å². The lowest BCUT2D eigenvalue weighted by Gasteiger charge is -2.09. The first-order valence-electron chi connectivity index (χ1n) is 6.14. The van der Waals surface area contributed by atoms with E-state index < -0.39 is 0 Å². The molecule has 2 N–H and O–H groups in total. The van der Waals surface area contributed by atoms with Gasteiger partial charge < -0.3 is 5.32 Å². The summed E-state index contributed by atoms with van der Waals surface area (Å²) in [5.41, 5.74) is 1.72. The minimum atomic E-state index is -0.279. The second kappa shape index (κ2) is 7.36. The number of aryl methyl sites for hydroxylation is 1. The molecular weight excluding hydrogens is 324 g/mol. The highest BCUT2D eigenvalue weighted by Gasteiger charge is 2.03. The largest absolute Gasteiger partial charge is 0.332 e. The highest BCUT2D eigenvalue weighted by molar-refractivity contribution is 7.80. The summed E-state index contributed by atoms with van der Waals surface area (Å²) >= 11 is 12.7. The number of rotatable bonds is 3. The van der Waals surface area contributed by atoms with E-state index in [-0.39, 0.29) is 11.0 Å². The average molecular weight is 337 g/mol. The summed E-state index contributed by atoms with van der Waals surface area (Å²) in [6, 6.07) is 9.35. The van der Waals surface area contributed by atoms with Crippen LogP contribution in [0.5, 0.6) is 0 Å². The van der Waals surface area contributed by atoms with Gasteiger partial charge in [-0.15, -0.1) is 11.3 Å². The molecule has 1 aromatic heterocycles. The summed E-state index contributed by atoms with van der Waals surface area (Å²) in [6.45, 7) is 1.92. The van der Waals surface area contributed by atoms with Gasteiger partial charge in [0.15, 0.2) is 5.11 Å². The third kappa shape index (κ3) is 4.97. The molecule has 2 aromatic rings. The molecule has 108 valence electrons. The Labute approximate surface area is 137 Å². The molecule has 0 atom stereocenters. The summed E-state index contributed by atoms with van der Waals surface area (Å²) in [5.74, 6) is -0.279. The Morgan fingerprint density at radius 2 is 2.19 bits per heavy atom. The summed E-state index contributed by atoms with van der Waals surface area (Å²) < 4.78 is 0. The first-order chi connectivity index (χ1) is 10.0. The van der Waals surface area contributed by atoms with Crippen molar-refractivity contribution < 1.29 is 4.79 Å². The molecule has 6 heteroatoms. The zero-order valence-electron chi connectivity index (χ0n) is 11.2. The van der Waals surface area contributed by atoms with Crippen molar-refractivity contribution in [3.05, 3.63) is 57.3 Å². The monoisotopic (exact) mass is 336 g/mol. The van der Waals surface area contributed by atoms with Crippen LogP contribution < -0.4 is 10.6 Å². The highest BCUT2D eigenvalue weighted by Crippen LogP contribution is 2.19. The minimum Gasteiger partial charge on any atom is -0.332 e. The Kier molecular flexibility index (Phi) is 5.50. The van der Waals surface area contributed by atoms with Crippen LogP contribution in [0.1, 0.15) is 10.4 Å². The molecule has 0 unspecified atom stereocenters. The van der Waals surface area contributed by atoms with Crippen molar-refractivity contribution in [1.29, 1.82) is 0 Å². The number of thiocarbonyl (C=S) groups is 1. The maximum Gasteiger partial charge on any atom is 0.250 e. The smallest absolute Gasteiger partial charge is 0.250 e. The van der Waals surface area contributed by atoms with E-state index in [4.69, 9.17) is 23.8 Å². The van der Waals surface area contributed by atoms with Gasteiger partial charge in [0.2, 0.25) is 5.91 Å². The minimum absolute atomic E-state index is 0.232. The molecular formula is C15H13ClN2OS2. The van der Waals surface area contributed by atoms with E-state index in [9.17, 15) is 4.79 Å². The fraction of sp³-hybridized carbons (Fsp3) is 0.0667. The summed E-state index contributed by atoms with van der Waals surface area (Å²) in [4.78, 5) is 12.7. The molecule has 1 amide bonds. The van der Waals surface area contributed by atoms with Crippen molar-refractivity contribution in [3.8, 4) is 0 Å². The zero-order chi connectivity index (χ0) is 15.2. The molecule has 1 aromatic carbocycles. The standard InChI is InChI=1S/C15H13ClN2OS2/c1-10-4-5-11(9-13(10)16)17-15(20)18-14(19)7-6-12-3-2-8-21-12/h2-9H,1H3,(H2,17,18,19,20). The quantitative estimate of drug-likeness (QED) is 0.650. The molecule has 2 rings (SSSR count). The molecule has 0 aliphatic rings. The molecule has 0 aliphatic carbocycles. The topological polar surface area (TPSA) is 41.1 Å². The lowest BCUT2D eigenvalue weighted by molar-refractivity contribution is -0.115. The number of carbonyl (C=O) groups excluding carboxylic acids is 1. The van der Waals surface area contributed by atoms with Gasteiger partial charge in [0, 0.05) is 21.7 Å². The molecule has 3 nitrogen and oxygen atoms in total. The fourth-order valence-electron chi connectivity index (χ4n) is 1.53. The van der Waals surface area contributed by atoms with Crippen LogP contribution in [0, 0.1) is 6.92 Å². The summed E-state index contributed by atoms with van der Waals surface area (Å²) in [5, 5.41) is 8.33. The number of nitrogens with one attached hydrogen (secondary N) is 2. The van der Waals surface area contributed by atoms with Crippen LogP contribution in [0.4, 0.5) is 5.69 Å². The molecule has 0 radical (unpaired) electrons. The van der Waals surface area contributed by atoms with Gasteiger partial charge in [-0.05, 0) is 54.4 Å². The van der Waals surface area contributed by atoms with E-state index in [1.165, 1.54) is 6.08 Å². The number of benzene rings is 1. The Balaban J connectivity index is 1.89. The van der Waals surface area contributed by atoms with Crippen molar-refractivity contribution in [2.75, 3.05) is 5.32 Å². The summed E-state index contributed by atoms with van der Waals surface area (Å²) in [6.07, 6.45) is 3.19. The molecule has 21 heavy (non-hydrogen) atoms. The molecule has 0 aliphatic heterocycles. The van der Waals surface area contributed by atoms with Crippen LogP contribution in [0.25, 0.3) is 6.08 Å². The van der Waals surface area contributed by atoms with Gasteiger partial charge in [-0.3, -0.25) is 10.1 Å². The van der Waals surface area contributed by atoms with Crippen LogP contribution in [-0.4, -0.2) is 11.0 Å². The van der Waals surface area contributed by atoms with E-state index >= 15 is 0 Å². The normalized spacial score (nSPS) is 10.6. The third-order valence-corrected chi connectivity index (χ3v) is 4.06. The van der Waals surface area contributed by atoms with Gasteiger partial charge in [-0.2, -0.15) is 0 Å². The molecule has 0 saturated carbocycles. The van der Waals surface area contributed by atoms with Crippen molar-refractivity contribution in [2.45, 2.75) is 6.92 Å². The second-order valence-corrected chi connectivity index (χ2v) is 6.05. The molecule has 0 saturated heterocycles. The number of halogens is 1. The third-order valence-electron chi connectivity index (χ3n) is 2.61. The molecule has 0 fully saturated rings. The number of hydrogen-bond acceptors (Lipinski definition) is 3. The predicted molar refractivity (Wildman–Crippen MR) is 93.9 cm³/mol. The lowest BCUT2D eigenvalue weighted by atomic mass is 10.2. The maximum absolute atomic E-state index is 11.7. The fourth-order valence-corrected chi connectivity index (χ4v) is 2.55. The number of hydrogen-bond donors (Lipinski definition) is 2.